The summed E-state index contributed by atoms with van der Waals surface area (Å²) in [5.74, 6) is 0. The predicted molar refractivity (Wildman–Crippen MR) is 431 cm³/mol. The highest BCUT2D eigenvalue weighted by molar-refractivity contribution is 5.85. The summed E-state index contributed by atoms with van der Waals surface area (Å²) in [7, 11) is 0. The van der Waals surface area contributed by atoms with Gasteiger partial charge in [0, 0.05) is 108 Å². The summed E-state index contributed by atoms with van der Waals surface area (Å²) in [4.78, 5) is 42.9. The molecule has 14 aromatic rings. The van der Waals surface area contributed by atoms with Gasteiger partial charge in [0.05, 0.1) is 28.3 Å². The molecule has 10 heteroatoms. The van der Waals surface area contributed by atoms with Gasteiger partial charge in [0.15, 0.2) is 5.65 Å². The van der Waals surface area contributed by atoms with Gasteiger partial charge in [0.25, 0.3) is 0 Å². The minimum absolute atomic E-state index is 0.834. The van der Waals surface area contributed by atoms with Crippen molar-refractivity contribution < 1.29 is 0 Å². The molecule has 4 aromatic carbocycles. The Kier molecular flexibility index (Phi) is 42.2. The van der Waals surface area contributed by atoms with Crippen LogP contribution >= 0.6 is 0 Å². The smallest absolute Gasteiger partial charge is 0.159 e. The zero-order chi connectivity index (χ0) is 73.9. The van der Waals surface area contributed by atoms with Crippen molar-refractivity contribution in [1.29, 1.82) is 0 Å². The molecule has 0 saturated heterocycles. The minimum Gasteiger partial charge on any atom is -0.261 e. The minimum atomic E-state index is 0.834. The molecule has 0 saturated carbocycles. The van der Waals surface area contributed by atoms with E-state index >= 15 is 0 Å². The Balaban J connectivity index is 0.000000554. The first-order valence-electron chi connectivity index (χ1n) is 35.2. The number of nitrogens with zero attached hydrogens (tertiary/aromatic N) is 10. The van der Waals surface area contributed by atoms with Crippen molar-refractivity contribution in [3.63, 3.8) is 0 Å². The van der Waals surface area contributed by atoms with E-state index in [1.807, 2.05) is 258 Å². The molecule has 0 fully saturated rings. The maximum atomic E-state index is 4.42. The number of hydrogen-bond acceptors (Lipinski definition) is 10. The quantitative estimate of drug-likeness (QED) is 0.145. The van der Waals surface area contributed by atoms with Crippen LogP contribution in [-0.2, 0) is 0 Å². The summed E-state index contributed by atoms with van der Waals surface area (Å²) in [6.45, 7) is 56.4. The molecule has 0 amide bonds. The fourth-order valence-corrected chi connectivity index (χ4v) is 9.13. The summed E-state index contributed by atoms with van der Waals surface area (Å²) >= 11 is 0. The molecule has 10 aromatic heterocycles. The van der Waals surface area contributed by atoms with Crippen LogP contribution < -0.4 is 0 Å². The van der Waals surface area contributed by atoms with E-state index in [2.05, 4.69) is 181 Å². The summed E-state index contributed by atoms with van der Waals surface area (Å²) in [6.07, 6.45) is 9.36. The van der Waals surface area contributed by atoms with Gasteiger partial charge in [0.1, 0.15) is 0 Å². The van der Waals surface area contributed by atoms with Gasteiger partial charge in [0.2, 0.25) is 0 Å². The van der Waals surface area contributed by atoms with Crippen LogP contribution in [0.25, 0.3) is 76.2 Å². The normalized spacial score (nSPS) is 9.43. The Morgan fingerprint density at radius 1 is 0.163 bits per heavy atom. The van der Waals surface area contributed by atoms with Gasteiger partial charge in [-0.3, -0.25) is 39.9 Å². The molecule has 0 bridgehead atoms. The van der Waals surface area contributed by atoms with Crippen molar-refractivity contribution in [2.45, 2.75) is 194 Å². The summed E-state index contributed by atoms with van der Waals surface area (Å²) in [5, 5.41) is 11.0. The van der Waals surface area contributed by atoms with Crippen LogP contribution in [0.5, 0.6) is 0 Å². The lowest BCUT2D eigenvalue weighted by Crippen LogP contribution is -1.87. The molecular weight excluding hydrogens is 1200 g/mol. The van der Waals surface area contributed by atoms with Crippen LogP contribution in [0.3, 0.4) is 0 Å². The summed E-state index contributed by atoms with van der Waals surface area (Å²) < 4.78 is 0. The highest BCUT2D eigenvalue weighted by Crippen LogP contribution is 2.20. The maximum Gasteiger partial charge on any atom is 0.159 e. The fraction of sp³-hybridized carbons (Fsp3) is 0.318. The van der Waals surface area contributed by atoms with E-state index in [-0.39, 0.29) is 0 Å². The Labute approximate surface area is 590 Å². The molecule has 0 N–H and O–H groups in total. The number of hydrogen-bond donors (Lipinski definition) is 0. The first-order valence-corrected chi connectivity index (χ1v) is 35.2. The number of rotatable bonds is 0. The van der Waals surface area contributed by atoms with E-state index in [1.165, 1.54) is 54.7 Å². The van der Waals surface area contributed by atoms with E-state index in [1.54, 1.807) is 0 Å². The second-order valence-electron chi connectivity index (χ2n) is 21.6. The third kappa shape index (κ3) is 30.1. The Bertz CT molecular complexity index is 3470. The zero-order valence-electron chi connectivity index (χ0n) is 64.9. The largest absolute Gasteiger partial charge is 0.261 e. The van der Waals surface area contributed by atoms with Gasteiger partial charge in [-0.1, -0.05) is 186 Å². The molecule has 0 atom stereocenters. The van der Waals surface area contributed by atoms with Crippen LogP contribution in [0.15, 0.2) is 195 Å². The average molecular weight is 1310 g/mol. The lowest BCUT2D eigenvalue weighted by atomic mass is 10.1. The third-order valence-electron chi connectivity index (χ3n) is 13.5. The number of fused-ring (bicyclic) bond motifs is 7. The molecule has 0 aliphatic rings. The first kappa shape index (κ1) is 86.2. The molecule has 0 spiro atoms. The monoisotopic (exact) mass is 1310 g/mol. The van der Waals surface area contributed by atoms with Crippen molar-refractivity contribution in [1.82, 2.24) is 49.8 Å². The Hall–Kier alpha value is -9.80. The fourth-order valence-electron chi connectivity index (χ4n) is 9.13. The third-order valence-corrected chi connectivity index (χ3v) is 13.5. The highest BCUT2D eigenvalue weighted by Gasteiger charge is 2.01. The van der Waals surface area contributed by atoms with E-state index in [4.69, 9.17) is 0 Å². The lowest BCUT2D eigenvalue weighted by Gasteiger charge is -1.99. The molecule has 0 aliphatic heterocycles. The van der Waals surface area contributed by atoms with Crippen LogP contribution in [0.1, 0.15) is 176 Å². The van der Waals surface area contributed by atoms with Crippen molar-refractivity contribution in [2.24, 2.45) is 0 Å². The Morgan fingerprint density at radius 2 is 0.418 bits per heavy atom. The van der Waals surface area contributed by atoms with Crippen LogP contribution in [0, 0.1) is 96.9 Å². The van der Waals surface area contributed by atoms with Crippen molar-refractivity contribution in [3.8, 4) is 0 Å². The molecule has 10 heterocycles. The van der Waals surface area contributed by atoms with Crippen molar-refractivity contribution >= 4 is 76.2 Å². The topological polar surface area (TPSA) is 129 Å². The van der Waals surface area contributed by atoms with Gasteiger partial charge < -0.3 is 0 Å². The second-order valence-corrected chi connectivity index (χ2v) is 21.6. The number of aromatic nitrogens is 10. The maximum absolute atomic E-state index is 4.42. The number of aryl methyl sites for hydroxylation is 14. The SMILES string of the molecule is CC.CC.CC.CC.CC.CC.CC.Cc1cc2ccc(C)nc2cn1.Cc1cc2cnc(C)cc2cn1.Cc1ccc2cc(C)ccc2c1.Cc1ccc2cc(C)ncc2c1.Cc1ccc2nc(C)ccc2c1.Cc1ccc2nc(C)ccc2n1.Cc1cnc2nc(C)ccc2c1. The number of pyridine rings is 10. The van der Waals surface area contributed by atoms with Gasteiger partial charge >= 0.3 is 0 Å². The number of benzene rings is 4. The lowest BCUT2D eigenvalue weighted by molar-refractivity contribution is 1.18. The molecular formula is C88H116N10. The van der Waals surface area contributed by atoms with Crippen molar-refractivity contribution in [2.75, 3.05) is 0 Å². The molecule has 98 heavy (non-hydrogen) atoms. The van der Waals surface area contributed by atoms with E-state index in [9.17, 15) is 0 Å². The van der Waals surface area contributed by atoms with Crippen LogP contribution in [-0.4, -0.2) is 49.8 Å². The van der Waals surface area contributed by atoms with Gasteiger partial charge in [-0.15, -0.1) is 0 Å². The molecule has 10 nitrogen and oxygen atoms in total. The van der Waals surface area contributed by atoms with Gasteiger partial charge in [-0.2, -0.15) is 0 Å². The molecule has 518 valence electrons. The van der Waals surface area contributed by atoms with Crippen LogP contribution in [0.4, 0.5) is 0 Å². The van der Waals surface area contributed by atoms with Gasteiger partial charge in [-0.25, -0.2) is 9.97 Å². The molecule has 0 radical (unpaired) electrons. The molecule has 14 rings (SSSR count). The van der Waals surface area contributed by atoms with E-state index in [0.717, 1.165) is 101 Å². The highest BCUT2D eigenvalue weighted by atomic mass is 14.8. The second kappa shape index (κ2) is 48.0. The first-order chi connectivity index (χ1) is 47.3. The van der Waals surface area contributed by atoms with Crippen LogP contribution in [0.2, 0.25) is 0 Å². The van der Waals surface area contributed by atoms with E-state index < -0.39 is 0 Å². The zero-order valence-corrected chi connectivity index (χ0v) is 64.9. The molecule has 0 aliphatic carbocycles. The average Bonchev–Trinajstić information content (AvgIpc) is 1.00. The van der Waals surface area contributed by atoms with E-state index in [0.29, 0.717) is 0 Å². The van der Waals surface area contributed by atoms with Crippen molar-refractivity contribution in [3.05, 3.63) is 274 Å². The Morgan fingerprint density at radius 3 is 0.847 bits per heavy atom. The predicted octanol–water partition coefficient (Wildman–Crippen LogP) is 25.3. The standard InChI is InChI=1S/C12H12.2C11H11N.4C10H10N2.7C2H6/c1-9-3-5-12-8-10(2)4-6-11(12)7-9;1-8-3-6-11-10(7-8)5-4-9(2)12-11;1-8-3-4-10-6-9(2)12-7-11(10)5-8;1-7-3-9-6-12-8(2)4-10(9)5-11-7;1-7-3-5-10-9(11-7)6-4-8(2)12-10;1-7-5-9-4-3-8(2)12-10(9)11-6-7;1-7-3-4-9-5-8(2)11-6-10(9)12-7;7*1-2/h3-8H,1-2H3;2*3-7H,1-2H3;4*3-6H,1-2H3;7*1-2H3. The summed E-state index contributed by atoms with van der Waals surface area (Å²) in [5.41, 5.74) is 20.6. The molecule has 0 unspecified atom stereocenters. The van der Waals surface area contributed by atoms with Gasteiger partial charge in [-0.05, 0) is 216 Å². The summed E-state index contributed by atoms with van der Waals surface area (Å²) in [6, 6.07) is 56.4.